The van der Waals surface area contributed by atoms with Crippen molar-refractivity contribution < 1.29 is 13.6 Å². The van der Waals surface area contributed by atoms with E-state index in [9.17, 15) is 13.6 Å². The Hall–Kier alpha value is -2.98. The lowest BCUT2D eigenvalue weighted by molar-refractivity contribution is -0.00907. The van der Waals surface area contributed by atoms with Crippen LogP contribution in [0.3, 0.4) is 0 Å². The van der Waals surface area contributed by atoms with E-state index >= 15 is 0 Å². The van der Waals surface area contributed by atoms with Crippen molar-refractivity contribution in [1.29, 1.82) is 0 Å². The number of likely N-dealkylation sites (tertiary alicyclic amines) is 1. The molecule has 3 aromatic rings. The number of aryl methyl sites for hydroxylation is 1. The second-order valence-electron chi connectivity index (χ2n) is 10.3. The molecule has 0 bridgehead atoms. The summed E-state index contributed by atoms with van der Waals surface area (Å²) in [5.41, 5.74) is 2.37. The summed E-state index contributed by atoms with van der Waals surface area (Å²) >= 11 is 6.47. The van der Waals surface area contributed by atoms with Crippen molar-refractivity contribution >= 4 is 34.2 Å². The van der Waals surface area contributed by atoms with E-state index in [1.165, 1.54) is 0 Å². The van der Waals surface area contributed by atoms with Gasteiger partial charge in [-0.3, -0.25) is 14.8 Å². The predicted molar refractivity (Wildman–Crippen MR) is 138 cm³/mol. The maximum absolute atomic E-state index is 14.5. The maximum Gasteiger partial charge on any atom is 0.281 e. The van der Waals surface area contributed by atoms with Crippen molar-refractivity contribution in [3.8, 4) is 0 Å². The number of carbonyl (C=O) groups is 1. The number of carbonyl (C=O) groups excluding carboxylic acids is 1. The van der Waals surface area contributed by atoms with Gasteiger partial charge in [0, 0.05) is 30.5 Å². The molecule has 0 aliphatic carbocycles. The van der Waals surface area contributed by atoms with Gasteiger partial charge in [-0.15, -0.1) is 6.58 Å². The molecule has 4 rings (SSSR count). The number of rotatable bonds is 7. The zero-order chi connectivity index (χ0) is 26.4. The molecule has 0 spiro atoms. The monoisotopic (exact) mass is 519 g/mol. The van der Waals surface area contributed by atoms with Gasteiger partial charge < -0.3 is 15.2 Å². The van der Waals surface area contributed by atoms with E-state index < -0.39 is 24.4 Å². The van der Waals surface area contributed by atoms with Gasteiger partial charge in [-0.1, -0.05) is 38.4 Å². The Balaban J connectivity index is 1.51. The number of imidazole rings is 1. The van der Waals surface area contributed by atoms with Crippen LogP contribution in [0.15, 0.2) is 24.8 Å². The van der Waals surface area contributed by atoms with Crippen molar-refractivity contribution in [1.82, 2.24) is 30.0 Å². The average molecular weight is 520 g/mol. The van der Waals surface area contributed by atoms with Crippen LogP contribution in [0.2, 0.25) is 5.02 Å². The van der Waals surface area contributed by atoms with Crippen LogP contribution < -0.4 is 10.6 Å². The summed E-state index contributed by atoms with van der Waals surface area (Å²) in [6.45, 7) is 11.8. The molecule has 194 valence electrons. The van der Waals surface area contributed by atoms with Gasteiger partial charge in [-0.05, 0) is 30.0 Å². The minimum atomic E-state index is -3.02. The van der Waals surface area contributed by atoms with Gasteiger partial charge in [0.2, 0.25) is 0 Å². The summed E-state index contributed by atoms with van der Waals surface area (Å²) in [6.07, 6.45) is 1.58. The minimum absolute atomic E-state index is 0.0584. The van der Waals surface area contributed by atoms with Gasteiger partial charge in [-0.2, -0.15) is 5.10 Å². The van der Waals surface area contributed by atoms with Gasteiger partial charge in [0.25, 0.3) is 11.8 Å². The number of aromatic amines is 1. The van der Waals surface area contributed by atoms with Gasteiger partial charge in [0.15, 0.2) is 5.82 Å². The van der Waals surface area contributed by atoms with Gasteiger partial charge >= 0.3 is 0 Å². The fraction of sp³-hybridized carbons (Fsp3) is 0.480. The lowest BCUT2D eigenvalue weighted by Crippen LogP contribution is -2.47. The molecular weight excluding hydrogens is 488 g/mol. The standard InChI is InChI=1S/C25H32ClF2N7O/c1-7-8-35-12-19(25(27,28)13-35)31-23(36)21-14(2)30-20(34(21)6)11-29-22-15-9-16(24(3,4)5)17(26)10-18(15)32-33-22/h7,9-10,19H,1,8,11-13H2,2-6H3,(H,31,36)(H2,29,32,33). The van der Waals surface area contributed by atoms with Crippen LogP contribution in [0.4, 0.5) is 14.6 Å². The van der Waals surface area contributed by atoms with Crippen LogP contribution in [0.5, 0.6) is 0 Å². The highest BCUT2D eigenvalue weighted by Gasteiger charge is 2.48. The number of nitrogens with zero attached hydrogens (tertiary/aromatic N) is 4. The molecule has 3 heterocycles. The average Bonchev–Trinajstić information content (AvgIpc) is 3.38. The molecule has 2 aromatic heterocycles. The maximum atomic E-state index is 14.5. The number of fused-ring (bicyclic) bond motifs is 1. The number of halogens is 3. The second-order valence-corrected chi connectivity index (χ2v) is 10.8. The predicted octanol–water partition coefficient (Wildman–Crippen LogP) is 4.40. The molecule has 1 saturated heterocycles. The molecule has 1 atom stereocenters. The van der Waals surface area contributed by atoms with Gasteiger partial charge in [-0.25, -0.2) is 13.8 Å². The van der Waals surface area contributed by atoms with Crippen molar-refractivity contribution in [2.75, 3.05) is 25.0 Å². The van der Waals surface area contributed by atoms with Crippen LogP contribution in [0.1, 0.15) is 48.3 Å². The molecule has 3 N–H and O–H groups in total. The number of alkyl halides is 2. The first-order valence-corrected chi connectivity index (χ1v) is 12.2. The molecule has 1 aliphatic rings. The Labute approximate surface area is 214 Å². The van der Waals surface area contributed by atoms with Crippen molar-refractivity contribution in [2.45, 2.75) is 51.6 Å². The first-order chi connectivity index (χ1) is 16.8. The van der Waals surface area contributed by atoms with Crippen LogP contribution in [0.25, 0.3) is 10.9 Å². The number of hydrogen-bond donors (Lipinski definition) is 3. The van der Waals surface area contributed by atoms with Crippen LogP contribution in [0, 0.1) is 6.92 Å². The molecular formula is C25H32ClF2N7O. The summed E-state index contributed by atoms with van der Waals surface area (Å²) in [4.78, 5) is 19.1. The SMILES string of the molecule is C=CCN1CC(NC(=O)c2c(C)nc(CNc3n[nH]c4cc(Cl)c(C(C)(C)C)cc34)n2C)C(F)(F)C1. The van der Waals surface area contributed by atoms with E-state index in [0.717, 1.165) is 16.5 Å². The molecule has 0 radical (unpaired) electrons. The zero-order valence-corrected chi connectivity index (χ0v) is 21.9. The highest BCUT2D eigenvalue weighted by Crippen LogP contribution is 2.35. The number of aromatic nitrogens is 4. The first-order valence-electron chi connectivity index (χ1n) is 11.8. The number of hydrogen-bond acceptors (Lipinski definition) is 5. The molecule has 1 aromatic carbocycles. The molecule has 1 aliphatic heterocycles. The lowest BCUT2D eigenvalue weighted by atomic mass is 9.86. The lowest BCUT2D eigenvalue weighted by Gasteiger charge is -2.20. The summed E-state index contributed by atoms with van der Waals surface area (Å²) in [5.74, 6) is -2.39. The number of H-pyrrole nitrogens is 1. The molecule has 1 amide bonds. The molecule has 11 heteroatoms. The Kier molecular flexibility index (Phi) is 6.87. The first kappa shape index (κ1) is 26.1. The Morgan fingerprint density at radius 2 is 2.11 bits per heavy atom. The number of anilines is 1. The van der Waals surface area contributed by atoms with Crippen molar-refractivity contribution in [2.24, 2.45) is 7.05 Å². The van der Waals surface area contributed by atoms with Crippen LogP contribution in [-0.4, -0.2) is 62.2 Å². The molecule has 1 unspecified atom stereocenters. The highest BCUT2D eigenvalue weighted by atomic mass is 35.5. The van der Waals surface area contributed by atoms with Gasteiger partial charge in [0.1, 0.15) is 17.6 Å². The third-order valence-corrected chi connectivity index (χ3v) is 6.84. The van der Waals surface area contributed by atoms with E-state index in [1.807, 2.05) is 12.1 Å². The minimum Gasteiger partial charge on any atom is -0.361 e. The van der Waals surface area contributed by atoms with E-state index in [2.05, 4.69) is 53.2 Å². The third kappa shape index (κ3) is 4.97. The van der Waals surface area contributed by atoms with E-state index in [1.54, 1.807) is 29.5 Å². The number of amides is 1. The van der Waals surface area contributed by atoms with E-state index in [4.69, 9.17) is 11.6 Å². The zero-order valence-electron chi connectivity index (χ0n) is 21.2. The molecule has 36 heavy (non-hydrogen) atoms. The van der Waals surface area contributed by atoms with E-state index in [0.29, 0.717) is 28.9 Å². The summed E-state index contributed by atoms with van der Waals surface area (Å²) < 4.78 is 30.5. The molecule has 1 fully saturated rings. The second kappa shape index (κ2) is 9.48. The molecule has 8 nitrogen and oxygen atoms in total. The number of nitrogens with one attached hydrogen (secondary N) is 3. The Bertz CT molecular complexity index is 1310. The Morgan fingerprint density at radius 1 is 1.39 bits per heavy atom. The number of benzene rings is 1. The van der Waals surface area contributed by atoms with Crippen LogP contribution >= 0.6 is 11.6 Å². The van der Waals surface area contributed by atoms with Crippen molar-refractivity contribution in [3.63, 3.8) is 0 Å². The van der Waals surface area contributed by atoms with E-state index in [-0.39, 0.29) is 24.2 Å². The quantitative estimate of drug-likeness (QED) is 0.402. The molecule has 0 saturated carbocycles. The largest absolute Gasteiger partial charge is 0.361 e. The fourth-order valence-electron chi connectivity index (χ4n) is 4.64. The summed E-state index contributed by atoms with van der Waals surface area (Å²) in [5, 5.41) is 14.7. The van der Waals surface area contributed by atoms with Gasteiger partial charge in [0.05, 0.1) is 24.3 Å². The van der Waals surface area contributed by atoms with Crippen molar-refractivity contribution in [3.05, 3.63) is 52.6 Å². The topological polar surface area (TPSA) is 90.9 Å². The third-order valence-electron chi connectivity index (χ3n) is 6.53. The highest BCUT2D eigenvalue weighted by molar-refractivity contribution is 6.32. The Morgan fingerprint density at radius 3 is 2.78 bits per heavy atom. The summed E-state index contributed by atoms with van der Waals surface area (Å²) in [7, 11) is 1.70. The summed E-state index contributed by atoms with van der Waals surface area (Å²) in [6, 6.07) is 2.60. The fourth-order valence-corrected chi connectivity index (χ4v) is 5.09. The smallest absolute Gasteiger partial charge is 0.281 e. The van der Waals surface area contributed by atoms with Crippen LogP contribution in [-0.2, 0) is 19.0 Å². The normalized spacial score (nSPS) is 18.1.